The monoisotopic (exact) mass is 398 g/mol. The van der Waals surface area contributed by atoms with Crippen molar-refractivity contribution in [3.8, 4) is 0 Å². The zero-order valence-electron chi connectivity index (χ0n) is 15.4. The van der Waals surface area contributed by atoms with E-state index in [9.17, 15) is 14.9 Å². The van der Waals surface area contributed by atoms with Crippen molar-refractivity contribution < 1.29 is 18.6 Å². The lowest BCUT2D eigenvalue weighted by molar-refractivity contribution is -0.383. The summed E-state index contributed by atoms with van der Waals surface area (Å²) in [4.78, 5) is 35.2. The molecule has 3 aromatic rings. The number of carbonyl (C=O) groups excluding carboxylic acids is 1. The molecule has 1 N–H and O–H groups in total. The Labute approximate surface area is 165 Å². The minimum atomic E-state index is -0.500. The van der Waals surface area contributed by atoms with Gasteiger partial charge in [0.25, 0.3) is 5.91 Å². The van der Waals surface area contributed by atoms with Crippen molar-refractivity contribution in [1.82, 2.24) is 14.9 Å². The van der Waals surface area contributed by atoms with Gasteiger partial charge in [0.05, 0.1) is 24.0 Å². The second-order valence-corrected chi connectivity index (χ2v) is 6.34. The van der Waals surface area contributed by atoms with Crippen LogP contribution in [0.4, 0.5) is 17.3 Å². The molecule has 29 heavy (non-hydrogen) atoms. The molecule has 1 saturated heterocycles. The van der Waals surface area contributed by atoms with Gasteiger partial charge in [0.1, 0.15) is 12.1 Å². The molecular weight excluding hydrogens is 380 g/mol. The molecule has 0 bridgehead atoms. The van der Waals surface area contributed by atoms with E-state index in [4.69, 9.17) is 8.83 Å². The van der Waals surface area contributed by atoms with Crippen LogP contribution in [0.25, 0.3) is 0 Å². The van der Waals surface area contributed by atoms with Gasteiger partial charge in [-0.25, -0.2) is 9.97 Å². The molecule has 11 heteroatoms. The van der Waals surface area contributed by atoms with E-state index >= 15 is 0 Å². The van der Waals surface area contributed by atoms with E-state index in [-0.39, 0.29) is 35.5 Å². The van der Waals surface area contributed by atoms with Crippen molar-refractivity contribution in [2.24, 2.45) is 0 Å². The number of aromatic nitrogens is 2. The van der Waals surface area contributed by atoms with E-state index in [1.165, 1.54) is 18.9 Å². The number of nitro groups is 1. The van der Waals surface area contributed by atoms with Crippen LogP contribution in [0.1, 0.15) is 16.3 Å². The molecule has 1 fully saturated rings. The smallest absolute Gasteiger partial charge is 0.353 e. The van der Waals surface area contributed by atoms with Gasteiger partial charge in [-0.2, -0.15) is 0 Å². The van der Waals surface area contributed by atoms with Crippen LogP contribution in [0.3, 0.4) is 0 Å². The highest BCUT2D eigenvalue weighted by atomic mass is 16.6. The van der Waals surface area contributed by atoms with Crippen LogP contribution in [0.2, 0.25) is 0 Å². The van der Waals surface area contributed by atoms with Gasteiger partial charge in [0, 0.05) is 26.2 Å². The van der Waals surface area contributed by atoms with Crippen LogP contribution < -0.4 is 10.2 Å². The first-order chi connectivity index (χ1) is 14.1. The first kappa shape index (κ1) is 18.5. The first-order valence-corrected chi connectivity index (χ1v) is 8.97. The topological polar surface area (TPSA) is 131 Å². The zero-order valence-corrected chi connectivity index (χ0v) is 15.4. The molecule has 1 amide bonds. The molecule has 0 aromatic carbocycles. The molecule has 0 atom stereocenters. The third kappa shape index (κ3) is 3.88. The molecule has 0 aliphatic carbocycles. The maximum atomic E-state index is 12.4. The van der Waals surface area contributed by atoms with Crippen molar-refractivity contribution >= 4 is 23.2 Å². The Kier molecular flexibility index (Phi) is 5.10. The highest BCUT2D eigenvalue weighted by molar-refractivity contribution is 5.91. The molecule has 0 unspecified atom stereocenters. The molecule has 0 radical (unpaired) electrons. The number of amides is 1. The van der Waals surface area contributed by atoms with E-state index < -0.39 is 4.92 Å². The summed E-state index contributed by atoms with van der Waals surface area (Å²) < 4.78 is 10.4. The van der Waals surface area contributed by atoms with Gasteiger partial charge in [-0.1, -0.05) is 0 Å². The molecular formula is C18H18N6O5. The van der Waals surface area contributed by atoms with E-state index in [1.807, 2.05) is 0 Å². The molecule has 0 saturated carbocycles. The number of nitrogens with one attached hydrogen (secondary N) is 1. The fraction of sp³-hybridized carbons (Fsp3) is 0.278. The Morgan fingerprint density at radius 3 is 2.55 bits per heavy atom. The third-order valence-corrected chi connectivity index (χ3v) is 4.59. The fourth-order valence-corrected chi connectivity index (χ4v) is 3.16. The second-order valence-electron chi connectivity index (χ2n) is 6.34. The number of furan rings is 2. The Bertz CT molecular complexity index is 980. The largest absolute Gasteiger partial charge is 0.467 e. The highest BCUT2D eigenvalue weighted by Gasteiger charge is 2.31. The van der Waals surface area contributed by atoms with Gasteiger partial charge in [0.15, 0.2) is 5.76 Å². The summed E-state index contributed by atoms with van der Waals surface area (Å²) >= 11 is 0. The summed E-state index contributed by atoms with van der Waals surface area (Å²) in [6.45, 7) is 1.87. The van der Waals surface area contributed by atoms with Crippen LogP contribution in [0, 0.1) is 10.1 Å². The Morgan fingerprint density at radius 1 is 1.14 bits per heavy atom. The normalized spacial score (nSPS) is 14.1. The number of piperazine rings is 1. The van der Waals surface area contributed by atoms with E-state index in [0.717, 1.165) is 0 Å². The van der Waals surface area contributed by atoms with Gasteiger partial charge in [0.2, 0.25) is 11.6 Å². The van der Waals surface area contributed by atoms with Crippen LogP contribution in [0.15, 0.2) is 52.0 Å². The van der Waals surface area contributed by atoms with Crippen LogP contribution in [0.5, 0.6) is 0 Å². The predicted molar refractivity (Wildman–Crippen MR) is 102 cm³/mol. The molecule has 11 nitrogen and oxygen atoms in total. The lowest BCUT2D eigenvalue weighted by atomic mass is 10.2. The first-order valence-electron chi connectivity index (χ1n) is 8.97. The second kappa shape index (κ2) is 8.00. The van der Waals surface area contributed by atoms with Crippen molar-refractivity contribution in [1.29, 1.82) is 0 Å². The predicted octanol–water partition coefficient (Wildman–Crippen LogP) is 2.15. The molecule has 0 spiro atoms. The quantitative estimate of drug-likeness (QED) is 0.490. The Balaban J connectivity index is 1.49. The average molecular weight is 398 g/mol. The average Bonchev–Trinajstić information content (AvgIpc) is 3.45. The maximum absolute atomic E-state index is 12.4. The lowest BCUT2D eigenvalue weighted by Crippen LogP contribution is -2.49. The Hall–Kier alpha value is -3.89. The number of carbonyl (C=O) groups is 1. The summed E-state index contributed by atoms with van der Waals surface area (Å²) in [6, 6.07) is 6.77. The highest BCUT2D eigenvalue weighted by Crippen LogP contribution is 2.32. The minimum absolute atomic E-state index is 0.116. The molecule has 150 valence electrons. The standard InChI is InChI=1S/C18H18N6O5/c25-18(14-4-2-10-29-14)23-7-5-22(6-8-23)17-15(24(26)27)16(20-12-21-17)19-11-13-3-1-9-28-13/h1-4,9-10,12H,5-8,11H2,(H,19,20,21). The SMILES string of the molecule is O=C(c1ccco1)N1CCN(c2ncnc(NCc3ccco3)c2[N+](=O)[O-])CC1. The Morgan fingerprint density at radius 2 is 1.90 bits per heavy atom. The summed E-state index contributed by atoms with van der Waals surface area (Å²) in [5.41, 5.74) is -0.204. The van der Waals surface area contributed by atoms with Crippen molar-refractivity contribution in [2.45, 2.75) is 6.54 Å². The van der Waals surface area contributed by atoms with E-state index in [0.29, 0.717) is 31.9 Å². The van der Waals surface area contributed by atoms with Gasteiger partial charge >= 0.3 is 5.69 Å². The van der Waals surface area contributed by atoms with Crippen LogP contribution in [-0.2, 0) is 6.54 Å². The zero-order chi connectivity index (χ0) is 20.2. The molecule has 3 aromatic heterocycles. The summed E-state index contributed by atoms with van der Waals surface area (Å²) in [5.74, 6) is 1.04. The van der Waals surface area contributed by atoms with Crippen LogP contribution >= 0.6 is 0 Å². The van der Waals surface area contributed by atoms with Crippen LogP contribution in [-0.4, -0.2) is 51.9 Å². The van der Waals surface area contributed by atoms with E-state index in [1.54, 1.807) is 34.1 Å². The summed E-state index contributed by atoms with van der Waals surface area (Å²) in [6.07, 6.45) is 4.26. The summed E-state index contributed by atoms with van der Waals surface area (Å²) in [5, 5.41) is 14.7. The minimum Gasteiger partial charge on any atom is -0.467 e. The van der Waals surface area contributed by atoms with Crippen molar-refractivity contribution in [3.63, 3.8) is 0 Å². The maximum Gasteiger partial charge on any atom is 0.353 e. The number of rotatable bonds is 6. The summed E-state index contributed by atoms with van der Waals surface area (Å²) in [7, 11) is 0. The third-order valence-electron chi connectivity index (χ3n) is 4.59. The molecule has 4 heterocycles. The lowest BCUT2D eigenvalue weighted by Gasteiger charge is -2.34. The van der Waals surface area contributed by atoms with Gasteiger partial charge < -0.3 is 24.0 Å². The number of anilines is 2. The van der Waals surface area contributed by atoms with E-state index in [2.05, 4.69) is 15.3 Å². The van der Waals surface area contributed by atoms with Gasteiger partial charge in [-0.15, -0.1) is 0 Å². The van der Waals surface area contributed by atoms with Gasteiger partial charge in [-0.3, -0.25) is 14.9 Å². The molecule has 1 aliphatic heterocycles. The number of nitrogens with zero attached hydrogens (tertiary/aromatic N) is 5. The van der Waals surface area contributed by atoms with Gasteiger partial charge in [-0.05, 0) is 24.3 Å². The van der Waals surface area contributed by atoms with Crippen molar-refractivity contribution in [2.75, 3.05) is 36.4 Å². The number of hydrogen-bond donors (Lipinski definition) is 1. The number of hydrogen-bond acceptors (Lipinski definition) is 9. The molecule has 4 rings (SSSR count). The molecule has 1 aliphatic rings. The fourth-order valence-electron chi connectivity index (χ4n) is 3.16. The van der Waals surface area contributed by atoms with Crippen molar-refractivity contribution in [3.05, 3.63) is 64.8 Å².